The van der Waals surface area contributed by atoms with Crippen LogP contribution in [-0.2, 0) is 0 Å². The van der Waals surface area contributed by atoms with Crippen LogP contribution in [0.5, 0.6) is 0 Å². The highest BCUT2D eigenvalue weighted by Gasteiger charge is 2.18. The molecule has 1 aromatic carbocycles. The molecule has 128 valence electrons. The number of halogens is 1. The minimum Gasteiger partial charge on any atom is -0.352 e. The molecule has 23 heavy (non-hydrogen) atoms. The van der Waals surface area contributed by atoms with Crippen LogP contribution >= 0.6 is 35.9 Å². The number of amides is 1. The Morgan fingerprint density at radius 3 is 2.61 bits per heavy atom. The summed E-state index contributed by atoms with van der Waals surface area (Å²) in [7, 11) is 0. The van der Waals surface area contributed by atoms with Crippen LogP contribution in [0.3, 0.4) is 0 Å². The lowest BCUT2D eigenvalue weighted by Crippen LogP contribution is -2.33. The van der Waals surface area contributed by atoms with E-state index in [1.807, 2.05) is 35.7 Å². The van der Waals surface area contributed by atoms with E-state index in [0.717, 1.165) is 31.6 Å². The fraction of sp³-hybridized carbons (Fsp3) is 0.588. The van der Waals surface area contributed by atoms with Gasteiger partial charge in [0.15, 0.2) is 0 Å². The van der Waals surface area contributed by atoms with Crippen LogP contribution in [0.4, 0.5) is 0 Å². The number of carbonyl (C=O) groups is 1. The molecule has 0 saturated carbocycles. The van der Waals surface area contributed by atoms with Gasteiger partial charge in [-0.2, -0.15) is 0 Å². The first-order valence-corrected chi connectivity index (χ1v) is 10.2. The molecule has 2 N–H and O–H groups in total. The Hall–Kier alpha value is -0.360. The Morgan fingerprint density at radius 1 is 1.22 bits per heavy atom. The summed E-state index contributed by atoms with van der Waals surface area (Å²) < 4.78 is 0.552. The molecule has 1 atom stereocenters. The first kappa shape index (κ1) is 19.0. The third-order valence-corrected chi connectivity index (χ3v) is 7.41. The van der Waals surface area contributed by atoms with E-state index in [-0.39, 0.29) is 18.3 Å². The molecule has 2 fully saturated rings. The molecule has 0 spiro atoms. The molecule has 2 aliphatic heterocycles. The van der Waals surface area contributed by atoms with E-state index in [4.69, 9.17) is 0 Å². The molecule has 0 bridgehead atoms. The molecule has 0 aliphatic carbocycles. The summed E-state index contributed by atoms with van der Waals surface area (Å²) in [6, 6.07) is 8.14. The van der Waals surface area contributed by atoms with Crippen LogP contribution in [0.25, 0.3) is 0 Å². The summed E-state index contributed by atoms with van der Waals surface area (Å²) in [5.74, 6) is 3.23. The third kappa shape index (κ3) is 5.59. The second-order valence-corrected chi connectivity index (χ2v) is 8.68. The Balaban J connectivity index is 0.00000192. The second-order valence-electron chi connectivity index (χ2n) is 5.95. The molecular formula is C17H25ClN2OS2. The van der Waals surface area contributed by atoms with Crippen molar-refractivity contribution in [1.29, 1.82) is 0 Å². The molecule has 2 saturated heterocycles. The monoisotopic (exact) mass is 372 g/mol. The lowest BCUT2D eigenvalue weighted by Gasteiger charge is -2.22. The van der Waals surface area contributed by atoms with E-state index in [9.17, 15) is 4.79 Å². The third-order valence-electron chi connectivity index (χ3n) is 4.30. The fourth-order valence-electron chi connectivity index (χ4n) is 3.00. The van der Waals surface area contributed by atoms with Crippen molar-refractivity contribution in [2.24, 2.45) is 5.92 Å². The van der Waals surface area contributed by atoms with E-state index in [1.54, 1.807) is 0 Å². The lowest BCUT2D eigenvalue weighted by atomic mass is 9.96. The summed E-state index contributed by atoms with van der Waals surface area (Å²) in [6.07, 6.45) is 3.62. The zero-order valence-corrected chi connectivity index (χ0v) is 15.7. The van der Waals surface area contributed by atoms with Crippen molar-refractivity contribution >= 4 is 41.8 Å². The first-order chi connectivity index (χ1) is 10.8. The van der Waals surface area contributed by atoms with Crippen LogP contribution in [0, 0.1) is 5.92 Å². The first-order valence-electron chi connectivity index (χ1n) is 8.15. The van der Waals surface area contributed by atoms with Crippen molar-refractivity contribution in [2.75, 3.05) is 31.1 Å². The number of rotatable bonds is 5. The van der Waals surface area contributed by atoms with Crippen molar-refractivity contribution in [2.45, 2.75) is 23.8 Å². The molecule has 3 nitrogen and oxygen atoms in total. The molecule has 0 radical (unpaired) electrons. The predicted octanol–water partition coefficient (Wildman–Crippen LogP) is 3.71. The SMILES string of the molecule is Cl.O=C(NCCC1CCCNC1)c1ccc(C2SCCS2)cc1. The molecule has 3 rings (SSSR count). The summed E-state index contributed by atoms with van der Waals surface area (Å²) in [4.78, 5) is 12.2. The molecule has 1 amide bonds. The molecule has 2 heterocycles. The Kier molecular flexibility index (Phi) is 8.10. The van der Waals surface area contributed by atoms with Crippen LogP contribution in [0.2, 0.25) is 0 Å². The van der Waals surface area contributed by atoms with Crippen molar-refractivity contribution in [3.63, 3.8) is 0 Å². The smallest absolute Gasteiger partial charge is 0.251 e. The van der Waals surface area contributed by atoms with Gasteiger partial charge in [0.05, 0.1) is 4.58 Å². The van der Waals surface area contributed by atoms with Gasteiger partial charge in [0.25, 0.3) is 5.91 Å². The summed E-state index contributed by atoms with van der Waals surface area (Å²) in [6.45, 7) is 3.02. The molecule has 0 aromatic heterocycles. The Bertz CT molecular complexity index is 486. The molecule has 2 aliphatic rings. The van der Waals surface area contributed by atoms with Gasteiger partial charge in [-0.3, -0.25) is 4.79 Å². The highest BCUT2D eigenvalue weighted by Crippen LogP contribution is 2.45. The molecule has 1 unspecified atom stereocenters. The van der Waals surface area contributed by atoms with Crippen molar-refractivity contribution in [3.05, 3.63) is 35.4 Å². The van der Waals surface area contributed by atoms with Crippen LogP contribution in [-0.4, -0.2) is 37.0 Å². The zero-order valence-electron chi connectivity index (χ0n) is 13.3. The normalized spacial score (nSPS) is 21.7. The molecule has 1 aromatic rings. The van der Waals surface area contributed by atoms with Crippen molar-refractivity contribution in [1.82, 2.24) is 10.6 Å². The minimum absolute atomic E-state index is 0. The quantitative estimate of drug-likeness (QED) is 0.826. The van der Waals surface area contributed by atoms with E-state index >= 15 is 0 Å². The van der Waals surface area contributed by atoms with Gasteiger partial charge in [-0.15, -0.1) is 35.9 Å². The Labute approximate surface area is 153 Å². The predicted molar refractivity (Wildman–Crippen MR) is 104 cm³/mol. The number of hydrogen-bond acceptors (Lipinski definition) is 4. The van der Waals surface area contributed by atoms with Crippen LogP contribution < -0.4 is 10.6 Å². The van der Waals surface area contributed by atoms with Gasteiger partial charge in [-0.1, -0.05) is 12.1 Å². The van der Waals surface area contributed by atoms with Crippen molar-refractivity contribution < 1.29 is 4.79 Å². The van der Waals surface area contributed by atoms with Crippen molar-refractivity contribution in [3.8, 4) is 0 Å². The largest absolute Gasteiger partial charge is 0.352 e. The molecular weight excluding hydrogens is 348 g/mol. The van der Waals surface area contributed by atoms with Gasteiger partial charge < -0.3 is 10.6 Å². The fourth-order valence-corrected chi connectivity index (χ4v) is 5.86. The number of carbonyl (C=O) groups excluding carboxylic acids is 1. The maximum Gasteiger partial charge on any atom is 0.251 e. The number of hydrogen-bond donors (Lipinski definition) is 2. The number of thioether (sulfide) groups is 2. The highest BCUT2D eigenvalue weighted by molar-refractivity contribution is 8.19. The number of nitrogens with one attached hydrogen (secondary N) is 2. The minimum atomic E-state index is 0. The Morgan fingerprint density at radius 2 is 1.96 bits per heavy atom. The van der Waals surface area contributed by atoms with Gasteiger partial charge in [0, 0.05) is 23.6 Å². The lowest BCUT2D eigenvalue weighted by molar-refractivity contribution is 0.0950. The van der Waals surface area contributed by atoms with Crippen LogP contribution in [0.1, 0.15) is 39.8 Å². The van der Waals surface area contributed by atoms with Gasteiger partial charge >= 0.3 is 0 Å². The van der Waals surface area contributed by atoms with Gasteiger partial charge in [-0.25, -0.2) is 0 Å². The standard InChI is InChI=1S/C17H24N2OS2.ClH/c20-16(19-9-7-13-2-1-8-18-12-13)14-3-5-15(6-4-14)17-21-10-11-22-17;/h3-6,13,17-18H,1-2,7-12H2,(H,19,20);1H. The molecule has 6 heteroatoms. The average molecular weight is 373 g/mol. The highest BCUT2D eigenvalue weighted by atomic mass is 35.5. The van der Waals surface area contributed by atoms with E-state index in [1.165, 1.54) is 29.9 Å². The summed E-state index contributed by atoms with van der Waals surface area (Å²) in [5, 5.41) is 6.48. The average Bonchev–Trinajstić information content (AvgIpc) is 3.10. The zero-order chi connectivity index (χ0) is 15.2. The van der Waals surface area contributed by atoms with Crippen LogP contribution in [0.15, 0.2) is 24.3 Å². The summed E-state index contributed by atoms with van der Waals surface area (Å²) >= 11 is 3.99. The maximum absolute atomic E-state index is 12.2. The van der Waals surface area contributed by atoms with Gasteiger partial charge in [0.2, 0.25) is 0 Å². The number of benzene rings is 1. The van der Waals surface area contributed by atoms with E-state index in [0.29, 0.717) is 10.5 Å². The van der Waals surface area contributed by atoms with E-state index in [2.05, 4.69) is 22.8 Å². The van der Waals surface area contributed by atoms with Gasteiger partial charge in [-0.05, 0) is 56.0 Å². The van der Waals surface area contributed by atoms with E-state index < -0.39 is 0 Å². The maximum atomic E-state index is 12.2. The second kappa shape index (κ2) is 9.82. The topological polar surface area (TPSA) is 41.1 Å². The summed E-state index contributed by atoms with van der Waals surface area (Å²) in [5.41, 5.74) is 2.11. The number of piperidine rings is 1. The van der Waals surface area contributed by atoms with Gasteiger partial charge in [0.1, 0.15) is 0 Å².